The van der Waals surface area contributed by atoms with Crippen LogP contribution < -0.4 is 0 Å². The second kappa shape index (κ2) is 4.78. The second-order valence-electron chi connectivity index (χ2n) is 5.39. The van der Waals surface area contributed by atoms with Gasteiger partial charge in [0.1, 0.15) is 0 Å². The molecule has 0 radical (unpaired) electrons. The van der Waals surface area contributed by atoms with Crippen LogP contribution in [0.25, 0.3) is 0 Å². The first-order valence-corrected chi connectivity index (χ1v) is 6.80. The molecular formula is C15H17NO3. The normalized spacial score (nSPS) is 26.7. The van der Waals surface area contributed by atoms with Crippen molar-refractivity contribution in [3.63, 3.8) is 0 Å². The van der Waals surface area contributed by atoms with Crippen LogP contribution in [0, 0.1) is 5.92 Å². The summed E-state index contributed by atoms with van der Waals surface area (Å²) >= 11 is 0. The van der Waals surface area contributed by atoms with E-state index in [1.165, 1.54) is 4.90 Å². The second-order valence-corrected chi connectivity index (χ2v) is 5.39. The maximum atomic E-state index is 12.3. The van der Waals surface area contributed by atoms with E-state index in [0.717, 1.165) is 25.7 Å². The minimum absolute atomic E-state index is 0.0571. The van der Waals surface area contributed by atoms with E-state index in [0.29, 0.717) is 11.1 Å². The number of imide groups is 1. The number of hydrogen-bond acceptors (Lipinski definition) is 3. The molecule has 0 saturated heterocycles. The van der Waals surface area contributed by atoms with Crippen LogP contribution in [0.4, 0.5) is 0 Å². The van der Waals surface area contributed by atoms with Gasteiger partial charge in [0.05, 0.1) is 11.1 Å². The van der Waals surface area contributed by atoms with Gasteiger partial charge < -0.3 is 5.11 Å². The van der Waals surface area contributed by atoms with Crippen LogP contribution in [0.1, 0.15) is 46.4 Å². The third-order valence-electron chi connectivity index (χ3n) is 4.20. The maximum absolute atomic E-state index is 12.3. The molecule has 4 nitrogen and oxygen atoms in total. The Balaban J connectivity index is 1.87. The first-order valence-electron chi connectivity index (χ1n) is 6.80. The molecule has 100 valence electrons. The number of aliphatic hydroxyl groups excluding tert-OH is 1. The van der Waals surface area contributed by atoms with E-state index in [4.69, 9.17) is 0 Å². The molecule has 1 aromatic rings. The number of rotatable bonds is 2. The van der Waals surface area contributed by atoms with Gasteiger partial charge in [0.15, 0.2) is 0 Å². The molecule has 1 N–H and O–H groups in total. The smallest absolute Gasteiger partial charge is 0.261 e. The first-order chi connectivity index (χ1) is 9.22. The molecule has 3 rings (SSSR count). The Hall–Kier alpha value is -1.68. The Morgan fingerprint density at radius 2 is 1.74 bits per heavy atom. The third kappa shape index (κ3) is 1.96. The Labute approximate surface area is 112 Å². The van der Waals surface area contributed by atoms with Gasteiger partial charge in [-0.05, 0) is 37.3 Å². The highest BCUT2D eigenvalue weighted by molar-refractivity contribution is 6.21. The average molecular weight is 259 g/mol. The zero-order valence-corrected chi connectivity index (χ0v) is 10.7. The number of carbonyl (C=O) groups is 2. The lowest BCUT2D eigenvalue weighted by Crippen LogP contribution is -2.43. The van der Waals surface area contributed by atoms with Crippen molar-refractivity contribution in [2.24, 2.45) is 5.92 Å². The van der Waals surface area contributed by atoms with Gasteiger partial charge >= 0.3 is 0 Å². The van der Waals surface area contributed by atoms with Crippen molar-refractivity contribution in [3.05, 3.63) is 35.4 Å². The minimum Gasteiger partial charge on any atom is -0.396 e. The summed E-state index contributed by atoms with van der Waals surface area (Å²) in [5.74, 6) is -0.142. The summed E-state index contributed by atoms with van der Waals surface area (Å²) in [6, 6.07) is 6.93. The largest absolute Gasteiger partial charge is 0.396 e. The Bertz CT molecular complexity index is 491. The van der Waals surface area contributed by atoms with Crippen LogP contribution in [-0.4, -0.2) is 34.5 Å². The molecule has 1 saturated carbocycles. The van der Waals surface area contributed by atoms with Gasteiger partial charge in [-0.2, -0.15) is 0 Å². The number of benzene rings is 1. The Kier molecular flexibility index (Phi) is 3.11. The minimum atomic E-state index is -0.177. The summed E-state index contributed by atoms with van der Waals surface area (Å²) in [5.41, 5.74) is 1.03. The quantitative estimate of drug-likeness (QED) is 0.824. The predicted octanol–water partition coefficient (Wildman–Crippen LogP) is 1.83. The molecule has 2 amide bonds. The van der Waals surface area contributed by atoms with E-state index < -0.39 is 0 Å². The summed E-state index contributed by atoms with van der Waals surface area (Å²) < 4.78 is 0. The number of amides is 2. The first kappa shape index (κ1) is 12.4. The molecule has 19 heavy (non-hydrogen) atoms. The number of fused-ring (bicyclic) bond motifs is 1. The monoisotopic (exact) mass is 259 g/mol. The van der Waals surface area contributed by atoms with Crippen molar-refractivity contribution in [1.29, 1.82) is 0 Å². The van der Waals surface area contributed by atoms with Gasteiger partial charge in [0, 0.05) is 12.6 Å². The zero-order valence-electron chi connectivity index (χ0n) is 10.7. The maximum Gasteiger partial charge on any atom is 0.261 e. The van der Waals surface area contributed by atoms with E-state index in [1.54, 1.807) is 24.3 Å². The fraction of sp³-hybridized carbons (Fsp3) is 0.467. The fourth-order valence-electron chi connectivity index (χ4n) is 3.20. The summed E-state index contributed by atoms with van der Waals surface area (Å²) in [7, 11) is 0. The van der Waals surface area contributed by atoms with Crippen molar-refractivity contribution >= 4 is 11.8 Å². The van der Waals surface area contributed by atoms with Crippen molar-refractivity contribution < 1.29 is 14.7 Å². The molecule has 0 aromatic heterocycles. The molecule has 1 fully saturated rings. The van der Waals surface area contributed by atoms with Gasteiger partial charge in [-0.1, -0.05) is 18.6 Å². The van der Waals surface area contributed by atoms with Crippen LogP contribution >= 0.6 is 0 Å². The summed E-state index contributed by atoms with van der Waals surface area (Å²) in [5, 5.41) is 9.27. The third-order valence-corrected chi connectivity index (χ3v) is 4.20. The summed E-state index contributed by atoms with van der Waals surface area (Å²) in [4.78, 5) is 26.1. The van der Waals surface area contributed by atoms with Gasteiger partial charge in [0.25, 0.3) is 11.8 Å². The van der Waals surface area contributed by atoms with E-state index in [-0.39, 0.29) is 30.4 Å². The van der Waals surface area contributed by atoms with Crippen LogP contribution in [0.5, 0.6) is 0 Å². The Morgan fingerprint density at radius 3 is 2.32 bits per heavy atom. The highest BCUT2D eigenvalue weighted by Crippen LogP contribution is 2.33. The Morgan fingerprint density at radius 1 is 1.11 bits per heavy atom. The molecule has 1 heterocycles. The van der Waals surface area contributed by atoms with Crippen LogP contribution in [-0.2, 0) is 0 Å². The molecular weight excluding hydrogens is 242 g/mol. The van der Waals surface area contributed by atoms with Crippen LogP contribution in [0.2, 0.25) is 0 Å². The highest BCUT2D eigenvalue weighted by Gasteiger charge is 2.41. The van der Waals surface area contributed by atoms with Crippen LogP contribution in [0.3, 0.4) is 0 Å². The fourth-order valence-corrected chi connectivity index (χ4v) is 3.20. The van der Waals surface area contributed by atoms with Crippen molar-refractivity contribution in [2.75, 3.05) is 6.61 Å². The lowest BCUT2D eigenvalue weighted by molar-refractivity contribution is 0.0491. The van der Waals surface area contributed by atoms with E-state index in [2.05, 4.69) is 0 Å². The summed E-state index contributed by atoms with van der Waals surface area (Å²) in [6.45, 7) is 0.139. The average Bonchev–Trinajstić information content (AvgIpc) is 2.72. The van der Waals surface area contributed by atoms with Gasteiger partial charge in [-0.25, -0.2) is 0 Å². The molecule has 0 spiro atoms. The number of hydrogen-bond donors (Lipinski definition) is 1. The van der Waals surface area contributed by atoms with Crippen molar-refractivity contribution in [2.45, 2.75) is 31.7 Å². The molecule has 1 aliphatic carbocycles. The molecule has 4 heteroatoms. The number of carbonyl (C=O) groups excluding carboxylic acids is 2. The van der Waals surface area contributed by atoms with Gasteiger partial charge in [0.2, 0.25) is 0 Å². The molecule has 2 unspecified atom stereocenters. The molecule has 2 aliphatic rings. The lowest BCUT2D eigenvalue weighted by Gasteiger charge is -2.33. The van der Waals surface area contributed by atoms with E-state index >= 15 is 0 Å². The summed E-state index contributed by atoms with van der Waals surface area (Å²) in [6.07, 6.45) is 3.52. The molecule has 0 bridgehead atoms. The number of aliphatic hydroxyl groups is 1. The lowest BCUT2D eigenvalue weighted by atomic mass is 9.85. The van der Waals surface area contributed by atoms with Gasteiger partial charge in [-0.15, -0.1) is 0 Å². The zero-order chi connectivity index (χ0) is 13.4. The predicted molar refractivity (Wildman–Crippen MR) is 69.8 cm³/mol. The topological polar surface area (TPSA) is 57.6 Å². The molecule has 2 atom stereocenters. The van der Waals surface area contributed by atoms with Crippen molar-refractivity contribution in [1.82, 2.24) is 4.90 Å². The number of nitrogens with zero attached hydrogens (tertiary/aromatic N) is 1. The van der Waals surface area contributed by atoms with Crippen LogP contribution in [0.15, 0.2) is 24.3 Å². The molecule has 1 aliphatic heterocycles. The standard InChI is InChI=1S/C15H17NO3/c17-9-10-4-3-5-11(8-10)16-14(18)12-6-1-2-7-13(12)15(16)19/h1-2,6-7,10-11,17H,3-5,8-9H2. The highest BCUT2D eigenvalue weighted by atomic mass is 16.3. The molecule has 1 aromatic carbocycles. The van der Waals surface area contributed by atoms with E-state index in [9.17, 15) is 14.7 Å². The van der Waals surface area contributed by atoms with Gasteiger partial charge in [-0.3, -0.25) is 14.5 Å². The SMILES string of the molecule is O=C1c2ccccc2C(=O)N1C1CCCC(CO)C1. The van der Waals surface area contributed by atoms with Crippen molar-refractivity contribution in [3.8, 4) is 0 Å². The van der Waals surface area contributed by atoms with E-state index in [1.807, 2.05) is 0 Å².